The Bertz CT molecular complexity index is 1140. The predicted molar refractivity (Wildman–Crippen MR) is 120 cm³/mol. The Kier molecular flexibility index (Phi) is 6.96. The molecular formula is C22H22BrN3O5. The molecule has 0 aliphatic heterocycles. The second kappa shape index (κ2) is 9.65. The van der Waals surface area contributed by atoms with Crippen molar-refractivity contribution in [1.82, 2.24) is 9.36 Å². The van der Waals surface area contributed by atoms with Crippen LogP contribution in [0.3, 0.4) is 0 Å². The SMILES string of the molecule is Cc1c(NC(=O)C(C)OC(=O)COc2ccc(Br)cc2)c(=O)n(-c2ccccc2)n1C. The minimum Gasteiger partial charge on any atom is -0.482 e. The van der Waals surface area contributed by atoms with E-state index in [9.17, 15) is 14.4 Å². The highest BCUT2D eigenvalue weighted by molar-refractivity contribution is 9.10. The third-order valence-electron chi connectivity index (χ3n) is 4.65. The summed E-state index contributed by atoms with van der Waals surface area (Å²) >= 11 is 3.31. The number of nitrogens with zero attached hydrogens (tertiary/aromatic N) is 2. The second-order valence-electron chi connectivity index (χ2n) is 6.80. The predicted octanol–water partition coefficient (Wildman–Crippen LogP) is 3.20. The normalized spacial score (nSPS) is 11.6. The van der Waals surface area contributed by atoms with Crippen LogP contribution >= 0.6 is 15.9 Å². The van der Waals surface area contributed by atoms with E-state index in [0.29, 0.717) is 17.1 Å². The summed E-state index contributed by atoms with van der Waals surface area (Å²) in [5.41, 5.74) is 0.990. The maximum atomic E-state index is 12.9. The first-order chi connectivity index (χ1) is 14.8. The number of esters is 1. The number of rotatable bonds is 7. The smallest absolute Gasteiger partial charge is 0.344 e. The molecular weight excluding hydrogens is 466 g/mol. The number of anilines is 1. The van der Waals surface area contributed by atoms with Crippen molar-refractivity contribution >= 4 is 33.5 Å². The summed E-state index contributed by atoms with van der Waals surface area (Å²) in [4.78, 5) is 37.4. The lowest BCUT2D eigenvalue weighted by molar-refractivity contribution is -0.155. The van der Waals surface area contributed by atoms with Crippen molar-refractivity contribution in [3.8, 4) is 11.4 Å². The van der Waals surface area contributed by atoms with Crippen LogP contribution in [0.1, 0.15) is 12.6 Å². The van der Waals surface area contributed by atoms with Gasteiger partial charge in [0.15, 0.2) is 12.7 Å². The van der Waals surface area contributed by atoms with Crippen LogP contribution in [-0.4, -0.2) is 34.0 Å². The van der Waals surface area contributed by atoms with E-state index in [1.807, 2.05) is 18.2 Å². The first kappa shape index (κ1) is 22.4. The van der Waals surface area contributed by atoms with Crippen LogP contribution in [0.15, 0.2) is 63.9 Å². The van der Waals surface area contributed by atoms with Crippen molar-refractivity contribution in [2.24, 2.45) is 7.05 Å². The van der Waals surface area contributed by atoms with Crippen LogP contribution in [0.4, 0.5) is 5.69 Å². The molecule has 1 amide bonds. The zero-order valence-electron chi connectivity index (χ0n) is 17.3. The van der Waals surface area contributed by atoms with Gasteiger partial charge in [-0.25, -0.2) is 9.48 Å². The number of para-hydroxylation sites is 1. The van der Waals surface area contributed by atoms with Gasteiger partial charge in [0.25, 0.3) is 11.5 Å². The molecule has 0 aliphatic carbocycles. The van der Waals surface area contributed by atoms with Gasteiger partial charge in [0.05, 0.1) is 11.4 Å². The van der Waals surface area contributed by atoms with Crippen LogP contribution in [0, 0.1) is 6.92 Å². The van der Waals surface area contributed by atoms with Crippen molar-refractivity contribution < 1.29 is 19.1 Å². The van der Waals surface area contributed by atoms with Crippen LogP contribution in [0.25, 0.3) is 5.69 Å². The van der Waals surface area contributed by atoms with E-state index in [1.54, 1.807) is 55.1 Å². The van der Waals surface area contributed by atoms with Crippen LogP contribution in [0.5, 0.6) is 5.75 Å². The number of halogens is 1. The molecule has 0 saturated carbocycles. The van der Waals surface area contributed by atoms with E-state index in [2.05, 4.69) is 21.2 Å². The van der Waals surface area contributed by atoms with Gasteiger partial charge in [-0.05, 0) is 50.2 Å². The lowest BCUT2D eigenvalue weighted by atomic mass is 10.3. The van der Waals surface area contributed by atoms with E-state index in [1.165, 1.54) is 11.6 Å². The van der Waals surface area contributed by atoms with Crippen molar-refractivity contribution in [2.75, 3.05) is 11.9 Å². The minimum atomic E-state index is -1.11. The molecule has 3 aromatic rings. The number of nitrogens with one attached hydrogen (secondary N) is 1. The van der Waals surface area contributed by atoms with Crippen molar-refractivity contribution in [3.05, 3.63) is 75.1 Å². The average Bonchev–Trinajstić information content (AvgIpc) is 2.97. The molecule has 2 aromatic carbocycles. The Morgan fingerprint density at radius 3 is 2.39 bits per heavy atom. The van der Waals surface area contributed by atoms with Crippen molar-refractivity contribution in [3.63, 3.8) is 0 Å². The Labute approximate surface area is 187 Å². The standard InChI is InChI=1S/C22H22BrN3O5/c1-14-20(22(29)26(25(14)3)17-7-5-4-6-8-17)24-21(28)15(2)31-19(27)13-30-18-11-9-16(23)10-12-18/h4-12,15H,13H2,1-3H3,(H,24,28). The highest BCUT2D eigenvalue weighted by Gasteiger charge is 2.23. The summed E-state index contributed by atoms with van der Waals surface area (Å²) in [6.07, 6.45) is -1.11. The van der Waals surface area contributed by atoms with Gasteiger partial charge in [0.2, 0.25) is 0 Å². The monoisotopic (exact) mass is 487 g/mol. The van der Waals surface area contributed by atoms with E-state index in [4.69, 9.17) is 9.47 Å². The van der Waals surface area contributed by atoms with E-state index in [0.717, 1.165) is 4.47 Å². The first-order valence-corrected chi connectivity index (χ1v) is 10.3. The Morgan fingerprint density at radius 1 is 1.10 bits per heavy atom. The number of benzene rings is 2. The number of ether oxygens (including phenoxy) is 2. The maximum absolute atomic E-state index is 12.9. The molecule has 0 radical (unpaired) electrons. The van der Waals surface area contributed by atoms with Gasteiger partial charge in [0, 0.05) is 11.5 Å². The molecule has 8 nitrogen and oxygen atoms in total. The molecule has 0 saturated heterocycles. The Balaban J connectivity index is 1.64. The van der Waals surface area contributed by atoms with Gasteiger partial charge < -0.3 is 14.8 Å². The molecule has 9 heteroatoms. The summed E-state index contributed by atoms with van der Waals surface area (Å²) < 4.78 is 14.5. The summed E-state index contributed by atoms with van der Waals surface area (Å²) in [6, 6.07) is 16.0. The number of hydrogen-bond donors (Lipinski definition) is 1. The molecule has 31 heavy (non-hydrogen) atoms. The number of carbonyl (C=O) groups is 2. The lowest BCUT2D eigenvalue weighted by Gasteiger charge is -2.13. The number of hydrogen-bond acceptors (Lipinski definition) is 5. The Morgan fingerprint density at radius 2 is 1.74 bits per heavy atom. The summed E-state index contributed by atoms with van der Waals surface area (Å²) in [7, 11) is 1.72. The zero-order valence-corrected chi connectivity index (χ0v) is 18.9. The van der Waals surface area contributed by atoms with Crippen LogP contribution in [0.2, 0.25) is 0 Å². The fourth-order valence-corrected chi connectivity index (χ4v) is 3.16. The molecule has 162 valence electrons. The van der Waals surface area contributed by atoms with E-state index >= 15 is 0 Å². The van der Waals surface area contributed by atoms with Gasteiger partial charge >= 0.3 is 5.97 Å². The molecule has 1 unspecified atom stereocenters. The molecule has 0 bridgehead atoms. The van der Waals surface area contributed by atoms with Crippen LogP contribution < -0.4 is 15.6 Å². The molecule has 0 spiro atoms. The highest BCUT2D eigenvalue weighted by Crippen LogP contribution is 2.17. The second-order valence-corrected chi connectivity index (χ2v) is 7.72. The molecule has 0 fully saturated rings. The fraction of sp³-hybridized carbons (Fsp3) is 0.227. The largest absolute Gasteiger partial charge is 0.482 e. The molecule has 1 atom stereocenters. The van der Waals surface area contributed by atoms with Crippen molar-refractivity contribution in [2.45, 2.75) is 20.0 Å². The summed E-state index contributed by atoms with van der Waals surface area (Å²) in [6.45, 7) is 2.81. The average molecular weight is 488 g/mol. The summed E-state index contributed by atoms with van der Waals surface area (Å²) in [5, 5.41) is 2.58. The van der Waals surface area contributed by atoms with Gasteiger partial charge in [-0.15, -0.1) is 0 Å². The minimum absolute atomic E-state index is 0.130. The lowest BCUT2D eigenvalue weighted by Crippen LogP contribution is -2.33. The third kappa shape index (κ3) is 5.24. The molecule has 0 aliphatic rings. The quantitative estimate of drug-likeness (QED) is 0.516. The first-order valence-electron chi connectivity index (χ1n) is 9.50. The third-order valence-corrected chi connectivity index (χ3v) is 5.18. The molecule has 1 heterocycles. The van der Waals surface area contributed by atoms with Gasteiger partial charge in [-0.1, -0.05) is 34.1 Å². The fourth-order valence-electron chi connectivity index (χ4n) is 2.89. The van der Waals surface area contributed by atoms with Gasteiger partial charge in [0.1, 0.15) is 11.4 Å². The molecule has 1 N–H and O–H groups in total. The van der Waals surface area contributed by atoms with Crippen LogP contribution in [-0.2, 0) is 21.4 Å². The maximum Gasteiger partial charge on any atom is 0.344 e. The van der Waals surface area contributed by atoms with E-state index in [-0.39, 0.29) is 17.9 Å². The van der Waals surface area contributed by atoms with Crippen molar-refractivity contribution in [1.29, 1.82) is 0 Å². The topological polar surface area (TPSA) is 91.6 Å². The number of amides is 1. The molecule has 3 rings (SSSR count). The van der Waals surface area contributed by atoms with Gasteiger partial charge in [-0.3, -0.25) is 14.3 Å². The number of aromatic nitrogens is 2. The summed E-state index contributed by atoms with van der Waals surface area (Å²) in [5.74, 6) is -0.807. The molecule has 1 aromatic heterocycles. The highest BCUT2D eigenvalue weighted by atomic mass is 79.9. The zero-order chi connectivity index (χ0) is 22.5. The van der Waals surface area contributed by atoms with E-state index < -0.39 is 18.0 Å². The Hall–Kier alpha value is -3.33. The number of carbonyl (C=O) groups excluding carboxylic acids is 2. The van der Waals surface area contributed by atoms with Gasteiger partial charge in [-0.2, -0.15) is 0 Å².